The summed E-state index contributed by atoms with van der Waals surface area (Å²) in [5.41, 5.74) is 10.7. The van der Waals surface area contributed by atoms with Crippen molar-refractivity contribution < 1.29 is 14.3 Å². The summed E-state index contributed by atoms with van der Waals surface area (Å²) in [4.78, 5) is 10.7. The van der Waals surface area contributed by atoms with Crippen LogP contribution in [0.5, 0.6) is 0 Å². The van der Waals surface area contributed by atoms with Crippen LogP contribution in [0.15, 0.2) is 18.2 Å². The van der Waals surface area contributed by atoms with E-state index < -0.39 is 23.4 Å². The van der Waals surface area contributed by atoms with E-state index >= 15 is 0 Å². The predicted molar refractivity (Wildman–Crippen MR) is 49.3 cm³/mol. The Morgan fingerprint density at radius 2 is 2.21 bits per heavy atom. The zero-order chi connectivity index (χ0) is 10.7. The van der Waals surface area contributed by atoms with Crippen molar-refractivity contribution >= 4 is 5.97 Å². The van der Waals surface area contributed by atoms with Crippen LogP contribution in [0.25, 0.3) is 0 Å². The molecule has 0 saturated heterocycles. The van der Waals surface area contributed by atoms with E-state index in [-0.39, 0.29) is 12.1 Å². The normalized spacial score (nSPS) is 12.5. The van der Waals surface area contributed by atoms with Crippen molar-refractivity contribution in [1.29, 1.82) is 0 Å². The molecule has 5 N–H and O–H groups in total. The van der Waals surface area contributed by atoms with Crippen molar-refractivity contribution in [3.05, 3.63) is 35.1 Å². The third-order valence-electron chi connectivity index (χ3n) is 1.91. The number of carbonyl (C=O) groups is 1. The number of carboxylic acids is 1. The Morgan fingerprint density at radius 1 is 1.57 bits per heavy atom. The average Bonchev–Trinajstić information content (AvgIpc) is 2.15. The van der Waals surface area contributed by atoms with Gasteiger partial charge in [-0.1, -0.05) is 12.1 Å². The lowest BCUT2D eigenvalue weighted by molar-refractivity contribution is 0.0690. The van der Waals surface area contributed by atoms with Crippen molar-refractivity contribution in [3.63, 3.8) is 0 Å². The molecule has 1 rings (SSSR count). The van der Waals surface area contributed by atoms with Crippen LogP contribution in [-0.4, -0.2) is 17.6 Å². The molecule has 0 aromatic heterocycles. The minimum Gasteiger partial charge on any atom is -0.478 e. The molecule has 76 valence electrons. The van der Waals surface area contributed by atoms with Gasteiger partial charge in [0.15, 0.2) is 0 Å². The molecule has 0 bridgehead atoms. The molecule has 0 saturated carbocycles. The van der Waals surface area contributed by atoms with Gasteiger partial charge in [-0.15, -0.1) is 0 Å². The predicted octanol–water partition coefficient (Wildman–Crippen LogP) is 0.482. The highest BCUT2D eigenvalue weighted by molar-refractivity contribution is 5.89. The first-order valence-electron chi connectivity index (χ1n) is 4.05. The van der Waals surface area contributed by atoms with Gasteiger partial charge in [0, 0.05) is 12.6 Å². The van der Waals surface area contributed by atoms with Gasteiger partial charge in [0.05, 0.1) is 5.56 Å². The second kappa shape index (κ2) is 4.17. The largest absolute Gasteiger partial charge is 0.478 e. The fourth-order valence-electron chi connectivity index (χ4n) is 1.20. The summed E-state index contributed by atoms with van der Waals surface area (Å²) in [5.74, 6) is -2.12. The third kappa shape index (κ3) is 1.89. The Balaban J connectivity index is 3.28. The molecule has 0 spiro atoms. The zero-order valence-electron chi connectivity index (χ0n) is 7.40. The van der Waals surface area contributed by atoms with Gasteiger partial charge >= 0.3 is 5.97 Å². The SMILES string of the molecule is NC[C@H](N)c1cccc(F)c1C(=O)O. The molecule has 0 aliphatic heterocycles. The summed E-state index contributed by atoms with van der Waals surface area (Å²) in [6.07, 6.45) is 0. The minimum atomic E-state index is -1.33. The molecule has 0 aliphatic rings. The molecular weight excluding hydrogens is 187 g/mol. The number of hydrogen-bond donors (Lipinski definition) is 3. The van der Waals surface area contributed by atoms with Crippen LogP contribution < -0.4 is 11.5 Å². The summed E-state index contributed by atoms with van der Waals surface area (Å²) in [6, 6.07) is 3.30. The smallest absolute Gasteiger partial charge is 0.339 e. The van der Waals surface area contributed by atoms with Crippen molar-refractivity contribution in [1.82, 2.24) is 0 Å². The van der Waals surface area contributed by atoms with Crippen molar-refractivity contribution in [2.45, 2.75) is 6.04 Å². The van der Waals surface area contributed by atoms with Gasteiger partial charge in [-0.2, -0.15) is 0 Å². The highest BCUT2D eigenvalue weighted by Gasteiger charge is 2.18. The highest BCUT2D eigenvalue weighted by Crippen LogP contribution is 2.18. The Morgan fingerprint density at radius 3 is 2.71 bits per heavy atom. The van der Waals surface area contributed by atoms with Gasteiger partial charge in [-0.3, -0.25) is 0 Å². The van der Waals surface area contributed by atoms with Crippen LogP contribution in [-0.2, 0) is 0 Å². The Labute approximate surface area is 80.3 Å². The van der Waals surface area contributed by atoms with Crippen LogP contribution in [0.1, 0.15) is 22.0 Å². The fraction of sp³-hybridized carbons (Fsp3) is 0.222. The number of benzene rings is 1. The van der Waals surface area contributed by atoms with Gasteiger partial charge in [-0.25, -0.2) is 9.18 Å². The van der Waals surface area contributed by atoms with Crippen LogP contribution >= 0.6 is 0 Å². The molecule has 0 unspecified atom stereocenters. The monoisotopic (exact) mass is 198 g/mol. The molecule has 0 heterocycles. The molecule has 14 heavy (non-hydrogen) atoms. The second-order valence-corrected chi connectivity index (χ2v) is 2.85. The maximum atomic E-state index is 13.1. The van der Waals surface area contributed by atoms with E-state index in [0.717, 1.165) is 6.07 Å². The number of aromatic carboxylic acids is 1. The summed E-state index contributed by atoms with van der Waals surface area (Å²) in [5, 5.41) is 8.75. The van der Waals surface area contributed by atoms with Crippen molar-refractivity contribution in [3.8, 4) is 0 Å². The van der Waals surface area contributed by atoms with Crippen molar-refractivity contribution in [2.24, 2.45) is 11.5 Å². The number of carboxylic acid groups (broad SMARTS) is 1. The fourth-order valence-corrected chi connectivity index (χ4v) is 1.20. The Kier molecular flexibility index (Phi) is 3.16. The van der Waals surface area contributed by atoms with E-state index in [9.17, 15) is 9.18 Å². The van der Waals surface area contributed by atoms with E-state index in [4.69, 9.17) is 16.6 Å². The lowest BCUT2D eigenvalue weighted by Gasteiger charge is -2.12. The molecule has 1 atom stereocenters. The summed E-state index contributed by atoms with van der Waals surface area (Å²) >= 11 is 0. The molecule has 0 fully saturated rings. The lowest BCUT2D eigenvalue weighted by atomic mass is 10.0. The summed E-state index contributed by atoms with van der Waals surface area (Å²) < 4.78 is 13.1. The quantitative estimate of drug-likeness (QED) is 0.659. The Bertz CT molecular complexity index is 355. The van der Waals surface area contributed by atoms with Crippen LogP contribution in [0.3, 0.4) is 0 Å². The molecule has 1 aromatic rings. The average molecular weight is 198 g/mol. The van der Waals surface area contributed by atoms with Gasteiger partial charge in [0.2, 0.25) is 0 Å². The van der Waals surface area contributed by atoms with E-state index in [1.54, 1.807) is 0 Å². The van der Waals surface area contributed by atoms with Gasteiger partial charge < -0.3 is 16.6 Å². The molecule has 0 amide bonds. The maximum Gasteiger partial charge on any atom is 0.339 e. The maximum absolute atomic E-state index is 13.1. The van der Waals surface area contributed by atoms with Gasteiger partial charge in [0.25, 0.3) is 0 Å². The molecule has 1 aromatic carbocycles. The molecular formula is C9H11FN2O2. The van der Waals surface area contributed by atoms with Crippen LogP contribution in [0, 0.1) is 5.82 Å². The van der Waals surface area contributed by atoms with Crippen molar-refractivity contribution in [2.75, 3.05) is 6.54 Å². The molecule has 4 nitrogen and oxygen atoms in total. The van der Waals surface area contributed by atoms with E-state index in [0.29, 0.717) is 0 Å². The van der Waals surface area contributed by atoms with Gasteiger partial charge in [0.1, 0.15) is 5.82 Å². The zero-order valence-corrected chi connectivity index (χ0v) is 7.40. The first-order chi connectivity index (χ1) is 6.57. The van der Waals surface area contributed by atoms with Gasteiger partial charge in [-0.05, 0) is 11.6 Å². The number of nitrogens with two attached hydrogens (primary N) is 2. The second-order valence-electron chi connectivity index (χ2n) is 2.85. The first-order valence-corrected chi connectivity index (χ1v) is 4.05. The number of hydrogen-bond acceptors (Lipinski definition) is 3. The Hall–Kier alpha value is -1.46. The van der Waals surface area contributed by atoms with Crippen LogP contribution in [0.2, 0.25) is 0 Å². The van der Waals surface area contributed by atoms with E-state index in [2.05, 4.69) is 0 Å². The summed E-state index contributed by atoms with van der Waals surface area (Å²) in [6.45, 7) is 0.0731. The molecule has 5 heteroatoms. The highest BCUT2D eigenvalue weighted by atomic mass is 19.1. The number of halogens is 1. The molecule has 0 aliphatic carbocycles. The summed E-state index contributed by atoms with van der Waals surface area (Å²) in [7, 11) is 0. The standard InChI is InChI=1S/C9H11FN2O2/c10-6-3-1-2-5(7(12)4-11)8(6)9(13)14/h1-3,7H,4,11-12H2,(H,13,14)/t7-/m0/s1. The minimum absolute atomic E-state index is 0.0731. The topological polar surface area (TPSA) is 89.3 Å². The lowest BCUT2D eigenvalue weighted by Crippen LogP contribution is -2.23. The number of rotatable bonds is 3. The van der Waals surface area contributed by atoms with E-state index in [1.165, 1.54) is 12.1 Å². The van der Waals surface area contributed by atoms with E-state index in [1.807, 2.05) is 0 Å². The van der Waals surface area contributed by atoms with Crippen LogP contribution in [0.4, 0.5) is 4.39 Å². The third-order valence-corrected chi connectivity index (χ3v) is 1.91. The first kappa shape index (κ1) is 10.6. The molecule has 0 radical (unpaired) electrons.